The summed E-state index contributed by atoms with van der Waals surface area (Å²) in [7, 11) is 0. The van der Waals surface area contributed by atoms with Gasteiger partial charge in [0.2, 0.25) is 6.41 Å². The molecule has 1 aromatic rings. The fraction of sp³-hybridized carbons (Fsp3) is 0.500. The summed E-state index contributed by atoms with van der Waals surface area (Å²) in [5, 5.41) is 9.89. The van der Waals surface area contributed by atoms with Gasteiger partial charge in [-0.15, -0.1) is 11.3 Å². The first-order valence-electron chi connectivity index (χ1n) is 5.06. The van der Waals surface area contributed by atoms with Gasteiger partial charge in [-0.1, -0.05) is 0 Å². The van der Waals surface area contributed by atoms with Crippen molar-refractivity contribution >= 4 is 23.6 Å². The van der Waals surface area contributed by atoms with Crippen molar-refractivity contribution in [3.8, 4) is 6.07 Å². The molecule has 0 atom stereocenters. The maximum Gasteiger partial charge on any atom is 0.209 e. The van der Waals surface area contributed by atoms with Gasteiger partial charge in [0.15, 0.2) is 5.82 Å². The second-order valence-electron chi connectivity index (χ2n) is 3.63. The smallest absolute Gasteiger partial charge is 0.209 e. The molecule has 0 spiro atoms. The van der Waals surface area contributed by atoms with Crippen LogP contribution in [0.25, 0.3) is 0 Å². The first kappa shape index (κ1) is 10.9. The van der Waals surface area contributed by atoms with Gasteiger partial charge in [-0.3, -0.25) is 4.79 Å². The molecule has 1 saturated heterocycles. The number of piperazine rings is 1. The van der Waals surface area contributed by atoms with Gasteiger partial charge in [0.25, 0.3) is 0 Å². The number of anilines is 1. The number of nitriles is 1. The van der Waals surface area contributed by atoms with Crippen LogP contribution in [-0.4, -0.2) is 42.5 Å². The highest BCUT2D eigenvalue weighted by atomic mass is 32.1. The number of nitrogens with zero attached hydrogens (tertiary/aromatic N) is 4. The van der Waals surface area contributed by atoms with Gasteiger partial charge >= 0.3 is 0 Å². The molecule has 0 bridgehead atoms. The molecule has 1 aromatic heterocycles. The van der Waals surface area contributed by atoms with Gasteiger partial charge in [0.1, 0.15) is 10.9 Å². The molecule has 0 aliphatic carbocycles. The van der Waals surface area contributed by atoms with Crippen molar-refractivity contribution in [2.45, 2.75) is 6.92 Å². The molecule has 16 heavy (non-hydrogen) atoms. The standard InChI is InChI=1S/C10H12N4OS/c1-8-12-10(9(6-11)16-8)14-4-2-13(7-15)3-5-14/h7H,2-5H2,1H3. The Morgan fingerprint density at radius 2 is 2.12 bits per heavy atom. The number of aryl methyl sites for hydroxylation is 1. The minimum atomic E-state index is 0.664. The summed E-state index contributed by atoms with van der Waals surface area (Å²) >= 11 is 1.42. The Hall–Kier alpha value is -1.61. The van der Waals surface area contributed by atoms with Crippen molar-refractivity contribution in [3.05, 3.63) is 9.88 Å². The number of aromatic nitrogens is 1. The summed E-state index contributed by atoms with van der Waals surface area (Å²) < 4.78 is 0. The van der Waals surface area contributed by atoms with E-state index < -0.39 is 0 Å². The van der Waals surface area contributed by atoms with Crippen LogP contribution in [0.2, 0.25) is 0 Å². The SMILES string of the molecule is Cc1nc(N2CCN(C=O)CC2)c(C#N)s1. The normalized spacial score (nSPS) is 16.0. The lowest BCUT2D eigenvalue weighted by Crippen LogP contribution is -2.46. The average Bonchev–Trinajstić information content (AvgIpc) is 2.70. The molecule has 84 valence electrons. The van der Waals surface area contributed by atoms with Crippen LogP contribution in [0.3, 0.4) is 0 Å². The van der Waals surface area contributed by atoms with E-state index >= 15 is 0 Å². The van der Waals surface area contributed by atoms with Crippen LogP contribution in [0.5, 0.6) is 0 Å². The van der Waals surface area contributed by atoms with E-state index in [0.717, 1.165) is 30.3 Å². The molecule has 1 aliphatic rings. The molecule has 6 heteroatoms. The highest BCUT2D eigenvalue weighted by molar-refractivity contribution is 7.12. The predicted octanol–water partition coefficient (Wildman–Crippen LogP) is 0.602. The van der Waals surface area contributed by atoms with Gasteiger partial charge in [-0.05, 0) is 6.92 Å². The summed E-state index contributed by atoms with van der Waals surface area (Å²) in [5.74, 6) is 0.774. The number of hydrogen-bond acceptors (Lipinski definition) is 5. The van der Waals surface area contributed by atoms with Crippen LogP contribution in [0.1, 0.15) is 9.88 Å². The van der Waals surface area contributed by atoms with Gasteiger partial charge in [-0.2, -0.15) is 5.26 Å². The van der Waals surface area contributed by atoms with Crippen LogP contribution in [0.4, 0.5) is 5.82 Å². The van der Waals surface area contributed by atoms with E-state index in [1.165, 1.54) is 11.3 Å². The first-order chi connectivity index (χ1) is 7.74. The van der Waals surface area contributed by atoms with Crippen molar-refractivity contribution in [3.63, 3.8) is 0 Å². The molecule has 2 rings (SSSR count). The maximum absolute atomic E-state index is 10.6. The molecule has 2 heterocycles. The second kappa shape index (κ2) is 4.49. The molecular formula is C10H12N4OS. The highest BCUT2D eigenvalue weighted by Gasteiger charge is 2.20. The lowest BCUT2D eigenvalue weighted by molar-refractivity contribution is -0.118. The van der Waals surface area contributed by atoms with Crippen LogP contribution in [0.15, 0.2) is 0 Å². The number of thiazole rings is 1. The molecule has 0 aromatic carbocycles. The molecule has 1 aliphatic heterocycles. The van der Waals surface area contributed by atoms with Gasteiger partial charge in [-0.25, -0.2) is 4.98 Å². The van der Waals surface area contributed by atoms with Crippen molar-refractivity contribution in [2.75, 3.05) is 31.1 Å². The highest BCUT2D eigenvalue weighted by Crippen LogP contribution is 2.25. The number of hydrogen-bond donors (Lipinski definition) is 0. The van der Waals surface area contributed by atoms with Crippen molar-refractivity contribution in [1.29, 1.82) is 5.26 Å². The molecule has 0 unspecified atom stereocenters. The number of amides is 1. The Labute approximate surface area is 97.9 Å². The Balaban J connectivity index is 2.14. The number of carbonyl (C=O) groups excluding carboxylic acids is 1. The van der Waals surface area contributed by atoms with Crippen LogP contribution >= 0.6 is 11.3 Å². The molecule has 0 radical (unpaired) electrons. The zero-order valence-corrected chi connectivity index (χ0v) is 9.83. The monoisotopic (exact) mass is 236 g/mol. The Morgan fingerprint density at radius 3 is 2.69 bits per heavy atom. The minimum absolute atomic E-state index is 0.664. The summed E-state index contributed by atoms with van der Waals surface area (Å²) in [6.45, 7) is 4.79. The summed E-state index contributed by atoms with van der Waals surface area (Å²) in [6, 6.07) is 2.17. The molecule has 0 N–H and O–H groups in total. The number of carbonyl (C=O) groups is 1. The fourth-order valence-corrected chi connectivity index (χ4v) is 2.48. The van der Waals surface area contributed by atoms with E-state index in [9.17, 15) is 4.79 Å². The van der Waals surface area contributed by atoms with Crippen molar-refractivity contribution in [2.24, 2.45) is 0 Å². The van der Waals surface area contributed by atoms with E-state index in [0.29, 0.717) is 18.0 Å². The summed E-state index contributed by atoms with van der Waals surface area (Å²) in [5.41, 5.74) is 0. The van der Waals surface area contributed by atoms with Gasteiger partial charge < -0.3 is 9.80 Å². The van der Waals surface area contributed by atoms with Crippen molar-refractivity contribution < 1.29 is 4.79 Å². The van der Waals surface area contributed by atoms with E-state index in [-0.39, 0.29) is 0 Å². The lowest BCUT2D eigenvalue weighted by atomic mass is 10.3. The largest absolute Gasteiger partial charge is 0.351 e. The molecule has 1 fully saturated rings. The third kappa shape index (κ3) is 1.99. The third-order valence-corrected chi connectivity index (χ3v) is 3.45. The zero-order chi connectivity index (χ0) is 11.5. The predicted molar refractivity (Wildman–Crippen MR) is 61.4 cm³/mol. The van der Waals surface area contributed by atoms with Gasteiger partial charge in [0, 0.05) is 26.2 Å². The minimum Gasteiger partial charge on any atom is -0.351 e. The lowest BCUT2D eigenvalue weighted by Gasteiger charge is -2.32. The fourth-order valence-electron chi connectivity index (χ4n) is 1.74. The summed E-state index contributed by atoms with van der Waals surface area (Å²) in [4.78, 5) is 19.4. The maximum atomic E-state index is 10.6. The Bertz CT molecular complexity index is 429. The molecule has 0 saturated carbocycles. The van der Waals surface area contributed by atoms with Crippen LogP contribution < -0.4 is 4.90 Å². The Kier molecular flexibility index (Phi) is 3.06. The molecular weight excluding hydrogens is 224 g/mol. The van der Waals surface area contributed by atoms with E-state index in [1.54, 1.807) is 4.90 Å². The average molecular weight is 236 g/mol. The van der Waals surface area contributed by atoms with E-state index in [1.807, 2.05) is 6.92 Å². The second-order valence-corrected chi connectivity index (χ2v) is 4.83. The first-order valence-corrected chi connectivity index (χ1v) is 5.88. The molecule has 5 nitrogen and oxygen atoms in total. The van der Waals surface area contributed by atoms with Crippen LogP contribution in [-0.2, 0) is 4.79 Å². The van der Waals surface area contributed by atoms with E-state index in [2.05, 4.69) is 16.0 Å². The van der Waals surface area contributed by atoms with Gasteiger partial charge in [0.05, 0.1) is 5.01 Å². The summed E-state index contributed by atoms with van der Waals surface area (Å²) in [6.07, 6.45) is 0.870. The number of rotatable bonds is 2. The molecule has 1 amide bonds. The van der Waals surface area contributed by atoms with E-state index in [4.69, 9.17) is 5.26 Å². The zero-order valence-electron chi connectivity index (χ0n) is 9.01. The third-order valence-electron chi connectivity index (χ3n) is 2.58. The van der Waals surface area contributed by atoms with Crippen molar-refractivity contribution in [1.82, 2.24) is 9.88 Å². The topological polar surface area (TPSA) is 60.2 Å². The quantitative estimate of drug-likeness (QED) is 0.706. The van der Waals surface area contributed by atoms with Crippen LogP contribution in [0, 0.1) is 18.3 Å². The Morgan fingerprint density at radius 1 is 1.44 bits per heavy atom.